The first-order valence-electron chi connectivity index (χ1n) is 9.88. The molecule has 0 bridgehead atoms. The average Bonchev–Trinajstić information content (AvgIpc) is 2.76. The molecule has 0 aliphatic carbocycles. The van der Waals surface area contributed by atoms with Gasteiger partial charge >= 0.3 is 0 Å². The van der Waals surface area contributed by atoms with E-state index in [2.05, 4.69) is 15.6 Å². The van der Waals surface area contributed by atoms with Gasteiger partial charge in [-0.15, -0.1) is 0 Å². The first-order chi connectivity index (χ1) is 14.4. The monoisotopic (exact) mass is 424 g/mol. The van der Waals surface area contributed by atoms with Gasteiger partial charge in [0.15, 0.2) is 0 Å². The Hall–Kier alpha value is -3.12. The van der Waals surface area contributed by atoms with Crippen molar-refractivity contribution in [1.29, 1.82) is 0 Å². The fourth-order valence-corrected chi connectivity index (χ4v) is 3.76. The summed E-state index contributed by atoms with van der Waals surface area (Å²) in [6, 6.07) is 10.9. The number of carbonyl (C=O) groups excluding carboxylic acids is 2. The number of fused-ring (bicyclic) bond motifs is 1. The van der Waals surface area contributed by atoms with Crippen LogP contribution in [0.15, 0.2) is 42.6 Å². The molecule has 0 unspecified atom stereocenters. The highest BCUT2D eigenvalue weighted by Crippen LogP contribution is 2.33. The second-order valence-electron chi connectivity index (χ2n) is 6.84. The van der Waals surface area contributed by atoms with Gasteiger partial charge in [0.05, 0.1) is 5.56 Å². The van der Waals surface area contributed by atoms with Crippen molar-refractivity contribution in [2.45, 2.75) is 20.8 Å². The summed E-state index contributed by atoms with van der Waals surface area (Å²) in [5.74, 6) is 0.313. The third kappa shape index (κ3) is 3.96. The smallest absolute Gasteiger partial charge is 0.256 e. The van der Waals surface area contributed by atoms with E-state index in [1.54, 1.807) is 30.3 Å². The zero-order valence-corrected chi connectivity index (χ0v) is 18.3. The summed E-state index contributed by atoms with van der Waals surface area (Å²) in [6.45, 7) is 6.97. The van der Waals surface area contributed by atoms with Gasteiger partial charge in [-0.25, -0.2) is 4.98 Å². The number of aromatic nitrogens is 1. The van der Waals surface area contributed by atoms with Crippen molar-refractivity contribution in [3.63, 3.8) is 0 Å². The maximum atomic E-state index is 13.0. The Morgan fingerprint density at radius 1 is 1.07 bits per heavy atom. The van der Waals surface area contributed by atoms with Crippen molar-refractivity contribution < 1.29 is 9.59 Å². The molecule has 2 aromatic carbocycles. The molecule has 0 radical (unpaired) electrons. The number of rotatable bonds is 6. The van der Waals surface area contributed by atoms with Crippen LogP contribution in [0, 0.1) is 6.92 Å². The van der Waals surface area contributed by atoms with Crippen molar-refractivity contribution >= 4 is 45.7 Å². The lowest BCUT2D eigenvalue weighted by atomic mass is 10.0. The fourth-order valence-electron chi connectivity index (χ4n) is 3.48. The lowest BCUT2D eigenvalue weighted by Gasteiger charge is -2.21. The molecule has 0 saturated heterocycles. The Morgan fingerprint density at radius 3 is 2.43 bits per heavy atom. The molecular formula is C23H25ClN4O2. The second kappa shape index (κ2) is 9.13. The van der Waals surface area contributed by atoms with Gasteiger partial charge in [0.2, 0.25) is 0 Å². The molecule has 2 N–H and O–H groups in total. The quantitative estimate of drug-likeness (QED) is 0.597. The Kier molecular flexibility index (Phi) is 6.57. The molecule has 0 atom stereocenters. The molecule has 3 rings (SSSR count). The van der Waals surface area contributed by atoms with Gasteiger partial charge in [-0.05, 0) is 44.5 Å². The van der Waals surface area contributed by atoms with Gasteiger partial charge in [-0.1, -0.05) is 29.8 Å². The molecule has 2 amide bonds. The number of amides is 2. The number of benzene rings is 2. The summed E-state index contributed by atoms with van der Waals surface area (Å²) in [6.07, 6.45) is 1.56. The number of hydrogen-bond acceptors (Lipinski definition) is 4. The maximum Gasteiger partial charge on any atom is 0.256 e. The van der Waals surface area contributed by atoms with Crippen LogP contribution in [0.5, 0.6) is 0 Å². The molecule has 156 valence electrons. The van der Waals surface area contributed by atoms with Crippen LogP contribution in [-0.4, -0.2) is 41.8 Å². The predicted octanol–water partition coefficient (Wildman–Crippen LogP) is 4.78. The molecule has 0 aliphatic heterocycles. The molecule has 3 aromatic rings. The normalized spacial score (nSPS) is 10.7. The van der Waals surface area contributed by atoms with Crippen molar-refractivity contribution in [1.82, 2.24) is 15.2 Å². The molecule has 1 heterocycles. The molecule has 1 aromatic heterocycles. The predicted molar refractivity (Wildman–Crippen MR) is 122 cm³/mol. The fraction of sp³-hybridized carbons (Fsp3) is 0.261. The van der Waals surface area contributed by atoms with Crippen molar-refractivity contribution in [3.8, 4) is 0 Å². The highest BCUT2D eigenvalue weighted by atomic mass is 35.5. The molecule has 0 saturated carbocycles. The minimum atomic E-state index is -0.155. The van der Waals surface area contributed by atoms with E-state index in [0.717, 1.165) is 16.6 Å². The van der Waals surface area contributed by atoms with E-state index in [-0.39, 0.29) is 11.8 Å². The molecule has 30 heavy (non-hydrogen) atoms. The Balaban J connectivity index is 2.12. The minimum absolute atomic E-state index is 0.102. The van der Waals surface area contributed by atoms with Gasteiger partial charge in [0.25, 0.3) is 11.8 Å². The highest BCUT2D eigenvalue weighted by Gasteiger charge is 2.20. The summed E-state index contributed by atoms with van der Waals surface area (Å²) in [5.41, 5.74) is 2.61. The average molecular weight is 425 g/mol. The number of hydrogen-bond donors (Lipinski definition) is 2. The summed E-state index contributed by atoms with van der Waals surface area (Å²) >= 11 is 6.51. The molecular weight excluding hydrogens is 400 g/mol. The van der Waals surface area contributed by atoms with Gasteiger partial charge in [0.1, 0.15) is 5.82 Å². The third-order valence-electron chi connectivity index (χ3n) is 5.20. The van der Waals surface area contributed by atoms with Gasteiger partial charge in [-0.2, -0.15) is 0 Å². The maximum absolute atomic E-state index is 13.0. The SMILES string of the molecule is CCN(CC)C(=O)c1cnc(Nc2cccc(C(=O)NC)c2C)c2cccc(Cl)c12. The van der Waals surface area contributed by atoms with Crippen LogP contribution in [0.25, 0.3) is 10.8 Å². The van der Waals surface area contributed by atoms with Gasteiger partial charge in [-0.3, -0.25) is 9.59 Å². The number of halogens is 1. The minimum Gasteiger partial charge on any atom is -0.355 e. The van der Waals surface area contributed by atoms with Gasteiger partial charge < -0.3 is 15.5 Å². The van der Waals surface area contributed by atoms with E-state index in [1.807, 2.05) is 45.0 Å². The second-order valence-corrected chi connectivity index (χ2v) is 7.25. The summed E-state index contributed by atoms with van der Waals surface area (Å²) in [4.78, 5) is 31.4. The Morgan fingerprint density at radius 2 is 1.77 bits per heavy atom. The Bertz CT molecular complexity index is 1110. The lowest BCUT2D eigenvalue weighted by Crippen LogP contribution is -2.30. The topological polar surface area (TPSA) is 74.3 Å². The number of anilines is 2. The van der Waals surface area contributed by atoms with Crippen molar-refractivity contribution in [2.24, 2.45) is 0 Å². The summed E-state index contributed by atoms with van der Waals surface area (Å²) in [5, 5.41) is 7.85. The van der Waals surface area contributed by atoms with E-state index in [4.69, 9.17) is 11.6 Å². The first-order valence-corrected chi connectivity index (χ1v) is 10.3. The number of pyridine rings is 1. The lowest BCUT2D eigenvalue weighted by molar-refractivity contribution is 0.0774. The van der Waals surface area contributed by atoms with Crippen molar-refractivity contribution in [3.05, 3.63) is 64.3 Å². The molecule has 0 fully saturated rings. The molecule has 7 heteroatoms. The van der Waals surface area contributed by atoms with Crippen LogP contribution in [0.1, 0.15) is 40.1 Å². The zero-order valence-electron chi connectivity index (χ0n) is 17.5. The van der Waals surface area contributed by atoms with E-state index < -0.39 is 0 Å². The number of nitrogens with one attached hydrogen (secondary N) is 2. The zero-order chi connectivity index (χ0) is 21.8. The number of nitrogens with zero attached hydrogens (tertiary/aromatic N) is 2. The highest BCUT2D eigenvalue weighted by molar-refractivity contribution is 6.37. The summed E-state index contributed by atoms with van der Waals surface area (Å²) in [7, 11) is 1.60. The van der Waals surface area contributed by atoms with Crippen LogP contribution < -0.4 is 10.6 Å². The van der Waals surface area contributed by atoms with Crippen LogP contribution in [-0.2, 0) is 0 Å². The van der Waals surface area contributed by atoms with E-state index in [9.17, 15) is 9.59 Å². The largest absolute Gasteiger partial charge is 0.355 e. The summed E-state index contributed by atoms with van der Waals surface area (Å²) < 4.78 is 0. The molecule has 0 aliphatic rings. The van der Waals surface area contributed by atoms with E-state index in [0.29, 0.717) is 40.4 Å². The first kappa shape index (κ1) is 21.6. The molecule has 6 nitrogen and oxygen atoms in total. The van der Waals surface area contributed by atoms with Crippen LogP contribution in [0.2, 0.25) is 5.02 Å². The van der Waals surface area contributed by atoms with E-state index >= 15 is 0 Å². The van der Waals surface area contributed by atoms with Gasteiger partial charge in [0, 0.05) is 53.4 Å². The molecule has 0 spiro atoms. The third-order valence-corrected chi connectivity index (χ3v) is 5.52. The Labute approximate surface area is 181 Å². The van der Waals surface area contributed by atoms with Crippen molar-refractivity contribution in [2.75, 3.05) is 25.5 Å². The van der Waals surface area contributed by atoms with Crippen LogP contribution in [0.4, 0.5) is 11.5 Å². The van der Waals surface area contributed by atoms with Crippen LogP contribution >= 0.6 is 11.6 Å². The van der Waals surface area contributed by atoms with Crippen LogP contribution in [0.3, 0.4) is 0 Å². The van der Waals surface area contributed by atoms with E-state index in [1.165, 1.54) is 0 Å². The standard InChI is InChI=1S/C23H25ClN4O2/c1-5-28(6-2)23(30)17-13-26-21(16-10-7-11-18(24)20(16)17)27-19-12-8-9-15(14(19)3)22(29)25-4/h7-13H,5-6H2,1-4H3,(H,25,29)(H,26,27). The number of carbonyl (C=O) groups is 2.